The molecule has 2 aromatic rings. The first-order chi connectivity index (χ1) is 12.9. The number of esters is 1. The van der Waals surface area contributed by atoms with Gasteiger partial charge in [-0.3, -0.25) is 4.99 Å². The highest BCUT2D eigenvalue weighted by molar-refractivity contribution is 6.31. The van der Waals surface area contributed by atoms with E-state index in [-0.39, 0.29) is 28.7 Å². The fourth-order valence-corrected chi connectivity index (χ4v) is 3.05. The van der Waals surface area contributed by atoms with E-state index in [1.807, 2.05) is 0 Å². The van der Waals surface area contributed by atoms with Crippen molar-refractivity contribution in [2.24, 2.45) is 4.99 Å². The summed E-state index contributed by atoms with van der Waals surface area (Å²) in [5, 5.41) is 3.00. The topological polar surface area (TPSA) is 63.6 Å². The van der Waals surface area contributed by atoms with Crippen molar-refractivity contribution in [3.63, 3.8) is 0 Å². The lowest BCUT2D eigenvalue weighted by atomic mass is 9.95. The molecule has 1 aliphatic rings. The first kappa shape index (κ1) is 19.0. The SMILES string of the molecule is CCOC(=O)C1=C(C)NC(c2ncccc2F)=N[C@H]1c1ccc(F)cc1Cl. The smallest absolute Gasteiger partial charge is 0.338 e. The lowest BCUT2D eigenvalue weighted by Gasteiger charge is -2.26. The van der Waals surface area contributed by atoms with Gasteiger partial charge < -0.3 is 10.1 Å². The number of aliphatic imine (C=N–C) groups is 1. The van der Waals surface area contributed by atoms with E-state index in [0.29, 0.717) is 11.3 Å². The molecule has 1 N–H and O–H groups in total. The number of hydrogen-bond acceptors (Lipinski definition) is 5. The predicted octanol–water partition coefficient (Wildman–Crippen LogP) is 3.94. The summed E-state index contributed by atoms with van der Waals surface area (Å²) in [6.07, 6.45) is 1.43. The van der Waals surface area contributed by atoms with Gasteiger partial charge in [0.05, 0.1) is 12.2 Å². The van der Waals surface area contributed by atoms with Crippen molar-refractivity contribution in [3.8, 4) is 0 Å². The third-order valence-corrected chi connectivity index (χ3v) is 4.30. The summed E-state index contributed by atoms with van der Waals surface area (Å²) in [5.74, 6) is -1.53. The molecule has 0 saturated heterocycles. The van der Waals surface area contributed by atoms with Crippen molar-refractivity contribution in [2.75, 3.05) is 6.61 Å². The number of pyridine rings is 1. The summed E-state index contributed by atoms with van der Waals surface area (Å²) in [6, 6.07) is 5.62. The Morgan fingerprint density at radius 3 is 2.78 bits per heavy atom. The summed E-state index contributed by atoms with van der Waals surface area (Å²) in [5.41, 5.74) is 1.04. The van der Waals surface area contributed by atoms with Crippen LogP contribution in [0.25, 0.3) is 0 Å². The Hall–Kier alpha value is -2.80. The van der Waals surface area contributed by atoms with Crippen molar-refractivity contribution in [1.29, 1.82) is 0 Å². The van der Waals surface area contributed by atoms with Gasteiger partial charge in [-0.05, 0) is 38.1 Å². The van der Waals surface area contributed by atoms with Crippen LogP contribution in [0.3, 0.4) is 0 Å². The van der Waals surface area contributed by atoms with Gasteiger partial charge in [-0.25, -0.2) is 18.6 Å². The number of allylic oxidation sites excluding steroid dienone is 1. The van der Waals surface area contributed by atoms with Crippen molar-refractivity contribution < 1.29 is 18.3 Å². The molecule has 2 heterocycles. The van der Waals surface area contributed by atoms with E-state index in [0.717, 1.165) is 6.07 Å². The van der Waals surface area contributed by atoms with Crippen LogP contribution in [0.5, 0.6) is 0 Å². The highest BCUT2D eigenvalue weighted by atomic mass is 35.5. The molecule has 0 saturated carbocycles. The Balaban J connectivity index is 2.15. The molecule has 5 nitrogen and oxygen atoms in total. The molecular weight excluding hydrogens is 376 g/mol. The second kappa shape index (κ2) is 7.84. The number of carbonyl (C=O) groups excluding carboxylic acids is 1. The Bertz CT molecular complexity index is 960. The van der Waals surface area contributed by atoms with Gasteiger partial charge in [-0.2, -0.15) is 0 Å². The van der Waals surface area contributed by atoms with Crippen molar-refractivity contribution in [1.82, 2.24) is 10.3 Å². The third kappa shape index (κ3) is 3.83. The first-order valence-corrected chi connectivity index (χ1v) is 8.58. The maximum Gasteiger partial charge on any atom is 0.338 e. The molecule has 0 radical (unpaired) electrons. The van der Waals surface area contributed by atoms with Gasteiger partial charge in [-0.1, -0.05) is 17.7 Å². The van der Waals surface area contributed by atoms with Crippen LogP contribution in [0.1, 0.15) is 31.1 Å². The second-order valence-corrected chi connectivity index (χ2v) is 6.17. The zero-order chi connectivity index (χ0) is 19.6. The maximum absolute atomic E-state index is 14.2. The van der Waals surface area contributed by atoms with Gasteiger partial charge in [0.15, 0.2) is 11.7 Å². The molecule has 0 spiro atoms. The van der Waals surface area contributed by atoms with Crippen LogP contribution in [0.4, 0.5) is 8.78 Å². The summed E-state index contributed by atoms with van der Waals surface area (Å²) in [4.78, 5) is 20.9. The average molecular weight is 392 g/mol. The van der Waals surface area contributed by atoms with Crippen molar-refractivity contribution in [3.05, 3.63) is 75.7 Å². The minimum atomic E-state index is -0.894. The van der Waals surface area contributed by atoms with E-state index in [1.54, 1.807) is 13.8 Å². The highest BCUT2D eigenvalue weighted by Gasteiger charge is 2.32. The normalized spacial score (nSPS) is 16.6. The number of ether oxygens (including phenoxy) is 1. The van der Waals surface area contributed by atoms with E-state index < -0.39 is 23.6 Å². The predicted molar refractivity (Wildman–Crippen MR) is 97.4 cm³/mol. The van der Waals surface area contributed by atoms with Crippen LogP contribution >= 0.6 is 11.6 Å². The lowest BCUT2D eigenvalue weighted by molar-refractivity contribution is -0.138. The van der Waals surface area contributed by atoms with E-state index in [4.69, 9.17) is 16.3 Å². The zero-order valence-electron chi connectivity index (χ0n) is 14.6. The Morgan fingerprint density at radius 1 is 1.33 bits per heavy atom. The summed E-state index contributed by atoms with van der Waals surface area (Å²) in [6.45, 7) is 3.50. The highest BCUT2D eigenvalue weighted by Crippen LogP contribution is 2.36. The molecule has 0 amide bonds. The molecular formula is C19H16ClF2N3O2. The molecule has 3 rings (SSSR count). The molecule has 140 valence electrons. The van der Waals surface area contributed by atoms with Gasteiger partial charge in [0, 0.05) is 22.5 Å². The average Bonchev–Trinajstić information content (AvgIpc) is 2.61. The number of rotatable bonds is 4. The van der Waals surface area contributed by atoms with Crippen LogP contribution in [0.2, 0.25) is 5.02 Å². The molecule has 1 atom stereocenters. The largest absolute Gasteiger partial charge is 0.463 e. The summed E-state index contributed by atoms with van der Waals surface area (Å²) < 4.78 is 32.8. The third-order valence-electron chi connectivity index (χ3n) is 3.98. The second-order valence-electron chi connectivity index (χ2n) is 5.76. The number of nitrogens with zero attached hydrogens (tertiary/aromatic N) is 2. The van der Waals surface area contributed by atoms with Gasteiger partial charge in [0.2, 0.25) is 0 Å². The van der Waals surface area contributed by atoms with Gasteiger partial charge in [0.25, 0.3) is 0 Å². The van der Waals surface area contributed by atoms with Gasteiger partial charge in [0.1, 0.15) is 17.6 Å². The number of aromatic nitrogens is 1. The monoisotopic (exact) mass is 391 g/mol. The lowest BCUT2D eigenvalue weighted by Crippen LogP contribution is -2.34. The number of hydrogen-bond donors (Lipinski definition) is 1. The van der Waals surface area contributed by atoms with Crippen LogP contribution in [-0.4, -0.2) is 23.4 Å². The van der Waals surface area contributed by atoms with Crippen LogP contribution in [0.15, 0.2) is 52.8 Å². The van der Waals surface area contributed by atoms with Gasteiger partial charge >= 0.3 is 5.97 Å². The Labute approximate surface area is 159 Å². The van der Waals surface area contributed by atoms with E-state index in [9.17, 15) is 13.6 Å². The molecule has 8 heteroatoms. The van der Waals surface area contributed by atoms with Crippen LogP contribution < -0.4 is 5.32 Å². The quantitative estimate of drug-likeness (QED) is 0.802. The van der Waals surface area contributed by atoms with E-state index in [1.165, 1.54) is 30.5 Å². The summed E-state index contributed by atoms with van der Waals surface area (Å²) in [7, 11) is 0. The maximum atomic E-state index is 14.2. The van der Waals surface area contributed by atoms with Crippen LogP contribution in [0, 0.1) is 11.6 Å². The number of carbonyl (C=O) groups is 1. The Kier molecular flexibility index (Phi) is 5.51. The molecule has 27 heavy (non-hydrogen) atoms. The molecule has 0 bridgehead atoms. The fourth-order valence-electron chi connectivity index (χ4n) is 2.78. The number of nitrogens with one attached hydrogen (secondary N) is 1. The zero-order valence-corrected chi connectivity index (χ0v) is 15.3. The molecule has 1 aromatic carbocycles. The van der Waals surface area contributed by atoms with E-state index in [2.05, 4.69) is 15.3 Å². The number of amidine groups is 1. The minimum absolute atomic E-state index is 0.00277. The number of halogens is 3. The molecule has 1 aliphatic heterocycles. The van der Waals surface area contributed by atoms with Gasteiger partial charge in [-0.15, -0.1) is 0 Å². The number of benzene rings is 1. The van der Waals surface area contributed by atoms with Crippen LogP contribution in [-0.2, 0) is 9.53 Å². The fraction of sp³-hybridized carbons (Fsp3) is 0.211. The molecule has 0 fully saturated rings. The van der Waals surface area contributed by atoms with E-state index >= 15 is 0 Å². The molecule has 0 unspecified atom stereocenters. The summed E-state index contributed by atoms with van der Waals surface area (Å²) >= 11 is 6.19. The minimum Gasteiger partial charge on any atom is -0.463 e. The molecule has 1 aromatic heterocycles. The first-order valence-electron chi connectivity index (χ1n) is 8.21. The van der Waals surface area contributed by atoms with Crippen molar-refractivity contribution >= 4 is 23.4 Å². The van der Waals surface area contributed by atoms with Crippen molar-refractivity contribution in [2.45, 2.75) is 19.9 Å². The molecule has 0 aliphatic carbocycles. The Morgan fingerprint density at radius 2 is 2.11 bits per heavy atom. The standard InChI is InChI=1S/C19H16ClF2N3O2/c1-3-27-19(26)15-10(2)24-18(17-14(22)5-4-8-23-17)25-16(15)12-7-6-11(21)9-13(12)20/h4-9,16H,3H2,1-2H3,(H,24,25)/t16-/m0/s1.